The van der Waals surface area contributed by atoms with Gasteiger partial charge in [-0.05, 0) is 24.0 Å². The summed E-state index contributed by atoms with van der Waals surface area (Å²) in [5.41, 5.74) is 1.82. The molecule has 0 saturated carbocycles. The predicted octanol–water partition coefficient (Wildman–Crippen LogP) is 4.75. The molecule has 0 amide bonds. The maximum absolute atomic E-state index is 9.94. The number of aliphatic hydroxyl groups is 1. The minimum Gasteiger partial charge on any atom is -0.384 e. The second-order valence-electron chi connectivity index (χ2n) is 4.69. The van der Waals surface area contributed by atoms with E-state index in [0.717, 1.165) is 17.6 Å². The van der Waals surface area contributed by atoms with E-state index in [4.69, 9.17) is 0 Å². The van der Waals surface area contributed by atoms with Gasteiger partial charge in [0.05, 0.1) is 6.10 Å². The van der Waals surface area contributed by atoms with Crippen molar-refractivity contribution in [2.75, 3.05) is 0 Å². The van der Waals surface area contributed by atoms with Crippen LogP contribution in [0.1, 0.15) is 38.2 Å². The minimum absolute atomic E-state index is 0.609. The molecule has 0 aromatic heterocycles. The third-order valence-electron chi connectivity index (χ3n) is 2.96. The van der Waals surface area contributed by atoms with E-state index in [1.807, 2.05) is 42.5 Å². The molecule has 1 atom stereocenters. The van der Waals surface area contributed by atoms with E-state index in [1.54, 1.807) is 6.08 Å². The SMILES string of the molecule is C=C(/C=C\CCCCC)C(O)/C=C/c1ccccc1. The molecule has 0 heterocycles. The zero-order chi connectivity index (χ0) is 13.9. The van der Waals surface area contributed by atoms with Gasteiger partial charge in [0.1, 0.15) is 0 Å². The number of benzene rings is 1. The maximum atomic E-state index is 9.94. The molecule has 0 radical (unpaired) electrons. The molecule has 1 aromatic carbocycles. The Bertz CT molecular complexity index is 415. The summed E-state index contributed by atoms with van der Waals surface area (Å²) in [5, 5.41) is 9.94. The standard InChI is InChI=1S/C18H24O/c1-3-4-5-6-8-11-16(2)18(19)15-14-17-12-9-7-10-13-17/h7-15,18-19H,2-6H2,1H3/b11-8-,15-14+. The van der Waals surface area contributed by atoms with Crippen molar-refractivity contribution in [1.29, 1.82) is 0 Å². The van der Waals surface area contributed by atoms with Crippen molar-refractivity contribution >= 4 is 6.08 Å². The molecule has 1 N–H and O–H groups in total. The molecule has 0 aliphatic carbocycles. The Morgan fingerprint density at radius 1 is 1.26 bits per heavy atom. The zero-order valence-electron chi connectivity index (χ0n) is 11.8. The summed E-state index contributed by atoms with van der Waals surface area (Å²) in [7, 11) is 0. The van der Waals surface area contributed by atoms with Crippen LogP contribution in [0.3, 0.4) is 0 Å². The second-order valence-corrected chi connectivity index (χ2v) is 4.69. The first-order valence-corrected chi connectivity index (χ1v) is 7.00. The molecule has 102 valence electrons. The fourth-order valence-electron chi connectivity index (χ4n) is 1.74. The van der Waals surface area contributed by atoms with Gasteiger partial charge in [0.25, 0.3) is 0 Å². The zero-order valence-corrected chi connectivity index (χ0v) is 11.8. The monoisotopic (exact) mass is 256 g/mol. The Morgan fingerprint density at radius 3 is 2.68 bits per heavy atom. The van der Waals surface area contributed by atoms with Crippen LogP contribution < -0.4 is 0 Å². The highest BCUT2D eigenvalue weighted by atomic mass is 16.3. The highest BCUT2D eigenvalue weighted by Crippen LogP contribution is 2.09. The van der Waals surface area contributed by atoms with Crippen LogP contribution in [-0.2, 0) is 0 Å². The maximum Gasteiger partial charge on any atom is 0.0969 e. The average molecular weight is 256 g/mol. The highest BCUT2D eigenvalue weighted by Gasteiger charge is 2.00. The number of rotatable bonds is 8. The van der Waals surface area contributed by atoms with E-state index in [0.29, 0.717) is 0 Å². The molecule has 0 bridgehead atoms. The first-order valence-electron chi connectivity index (χ1n) is 7.00. The molecular weight excluding hydrogens is 232 g/mol. The van der Waals surface area contributed by atoms with Gasteiger partial charge in [0, 0.05) is 0 Å². The second kappa shape index (κ2) is 9.35. The quantitative estimate of drug-likeness (QED) is 0.525. The average Bonchev–Trinajstić information content (AvgIpc) is 2.45. The van der Waals surface area contributed by atoms with Crippen molar-refractivity contribution < 1.29 is 5.11 Å². The number of unbranched alkanes of at least 4 members (excludes halogenated alkanes) is 3. The Balaban J connectivity index is 2.38. The van der Waals surface area contributed by atoms with Gasteiger partial charge in [0.15, 0.2) is 0 Å². The number of hydrogen-bond acceptors (Lipinski definition) is 1. The summed E-state index contributed by atoms with van der Waals surface area (Å²) in [5.74, 6) is 0. The first kappa shape index (κ1) is 15.5. The lowest BCUT2D eigenvalue weighted by molar-refractivity contribution is 0.264. The van der Waals surface area contributed by atoms with Gasteiger partial charge in [-0.2, -0.15) is 0 Å². The molecular formula is C18H24O. The van der Waals surface area contributed by atoms with Gasteiger partial charge < -0.3 is 5.11 Å². The Kier molecular flexibility index (Phi) is 7.60. The Morgan fingerprint density at radius 2 is 2.00 bits per heavy atom. The number of aliphatic hydroxyl groups excluding tert-OH is 1. The summed E-state index contributed by atoms with van der Waals surface area (Å²) in [6.45, 7) is 6.09. The van der Waals surface area contributed by atoms with E-state index in [-0.39, 0.29) is 0 Å². The normalized spacial score (nSPS) is 13.2. The summed E-state index contributed by atoms with van der Waals surface area (Å²) in [6, 6.07) is 9.95. The van der Waals surface area contributed by atoms with Crippen LogP contribution in [-0.4, -0.2) is 11.2 Å². The van der Waals surface area contributed by atoms with Gasteiger partial charge in [0.2, 0.25) is 0 Å². The third-order valence-corrected chi connectivity index (χ3v) is 2.96. The van der Waals surface area contributed by atoms with Gasteiger partial charge in [-0.3, -0.25) is 0 Å². The van der Waals surface area contributed by atoms with Crippen LogP contribution in [0.2, 0.25) is 0 Å². The van der Waals surface area contributed by atoms with Gasteiger partial charge in [-0.25, -0.2) is 0 Å². The number of hydrogen-bond donors (Lipinski definition) is 1. The molecule has 1 nitrogen and oxygen atoms in total. The summed E-state index contributed by atoms with van der Waals surface area (Å²) in [4.78, 5) is 0. The van der Waals surface area contributed by atoms with Crippen LogP contribution in [0.5, 0.6) is 0 Å². The van der Waals surface area contributed by atoms with E-state index >= 15 is 0 Å². The number of allylic oxidation sites excluding steroid dienone is 1. The van der Waals surface area contributed by atoms with Gasteiger partial charge >= 0.3 is 0 Å². The van der Waals surface area contributed by atoms with Crippen molar-refractivity contribution in [2.24, 2.45) is 0 Å². The molecule has 0 fully saturated rings. The van der Waals surface area contributed by atoms with Crippen molar-refractivity contribution in [3.63, 3.8) is 0 Å². The molecule has 1 unspecified atom stereocenters. The van der Waals surface area contributed by atoms with Crippen LogP contribution >= 0.6 is 0 Å². The van der Waals surface area contributed by atoms with Crippen molar-refractivity contribution in [3.8, 4) is 0 Å². The van der Waals surface area contributed by atoms with E-state index < -0.39 is 6.10 Å². The smallest absolute Gasteiger partial charge is 0.0969 e. The Hall–Kier alpha value is -1.60. The third kappa shape index (κ3) is 6.78. The van der Waals surface area contributed by atoms with Crippen LogP contribution in [0.15, 0.2) is 60.7 Å². The topological polar surface area (TPSA) is 20.2 Å². The summed E-state index contributed by atoms with van der Waals surface area (Å²) < 4.78 is 0. The van der Waals surface area contributed by atoms with Crippen molar-refractivity contribution in [2.45, 2.75) is 38.7 Å². The lowest BCUT2D eigenvalue weighted by Crippen LogP contribution is -2.02. The van der Waals surface area contributed by atoms with E-state index in [1.165, 1.54) is 19.3 Å². The lowest BCUT2D eigenvalue weighted by Gasteiger charge is -2.05. The largest absolute Gasteiger partial charge is 0.384 e. The fraction of sp³-hybridized carbons (Fsp3) is 0.333. The van der Waals surface area contributed by atoms with Crippen molar-refractivity contribution in [1.82, 2.24) is 0 Å². The summed E-state index contributed by atoms with van der Waals surface area (Å²) >= 11 is 0. The molecule has 0 spiro atoms. The fourth-order valence-corrected chi connectivity index (χ4v) is 1.74. The molecule has 1 heteroatoms. The molecule has 0 aliphatic heterocycles. The summed E-state index contributed by atoms with van der Waals surface area (Å²) in [6.07, 6.45) is 11.9. The minimum atomic E-state index is -0.609. The molecule has 0 aliphatic rings. The molecule has 0 saturated heterocycles. The van der Waals surface area contributed by atoms with Gasteiger partial charge in [-0.1, -0.05) is 81.0 Å². The van der Waals surface area contributed by atoms with E-state index in [9.17, 15) is 5.11 Å². The molecule has 19 heavy (non-hydrogen) atoms. The van der Waals surface area contributed by atoms with Gasteiger partial charge in [-0.15, -0.1) is 0 Å². The van der Waals surface area contributed by atoms with Crippen molar-refractivity contribution in [3.05, 3.63) is 66.3 Å². The molecule has 1 aromatic rings. The molecule has 1 rings (SSSR count). The van der Waals surface area contributed by atoms with Crippen LogP contribution in [0, 0.1) is 0 Å². The predicted molar refractivity (Wildman–Crippen MR) is 83.9 cm³/mol. The van der Waals surface area contributed by atoms with Crippen LogP contribution in [0.4, 0.5) is 0 Å². The van der Waals surface area contributed by atoms with Crippen LogP contribution in [0.25, 0.3) is 6.08 Å². The van der Waals surface area contributed by atoms with E-state index in [2.05, 4.69) is 19.6 Å². The lowest BCUT2D eigenvalue weighted by atomic mass is 10.1. The Labute approximate surface area is 117 Å². The highest BCUT2D eigenvalue weighted by molar-refractivity contribution is 5.50. The first-order chi connectivity index (χ1) is 9.24.